The summed E-state index contributed by atoms with van der Waals surface area (Å²) in [7, 11) is 0. The van der Waals surface area contributed by atoms with Gasteiger partial charge in [0.15, 0.2) is 0 Å². The maximum atomic E-state index is 11.6. The zero-order valence-electron chi connectivity index (χ0n) is 9.08. The van der Waals surface area contributed by atoms with Gasteiger partial charge in [-0.25, -0.2) is 0 Å². The Kier molecular flexibility index (Phi) is 3.69. The van der Waals surface area contributed by atoms with Crippen molar-refractivity contribution in [3.05, 3.63) is 29.8 Å². The molecule has 0 bridgehead atoms. The van der Waals surface area contributed by atoms with E-state index < -0.39 is 0 Å². The van der Waals surface area contributed by atoms with Crippen LogP contribution >= 0.6 is 0 Å². The Morgan fingerprint density at radius 2 is 1.93 bits per heavy atom. The Morgan fingerprint density at radius 1 is 1.29 bits per heavy atom. The first kappa shape index (κ1) is 10.8. The minimum atomic E-state index is 0.182. The largest absolute Gasteiger partial charge is 0.312 e. The van der Waals surface area contributed by atoms with Crippen LogP contribution in [0.15, 0.2) is 24.3 Å². The van der Waals surface area contributed by atoms with Crippen molar-refractivity contribution in [3.8, 4) is 0 Å². The Morgan fingerprint density at radius 3 is 2.43 bits per heavy atom. The van der Waals surface area contributed by atoms with Gasteiger partial charge in [-0.2, -0.15) is 0 Å². The highest BCUT2D eigenvalue weighted by Crippen LogP contribution is 2.19. The van der Waals surface area contributed by atoms with Crippen molar-refractivity contribution >= 4 is 11.6 Å². The molecule has 0 heterocycles. The van der Waals surface area contributed by atoms with Gasteiger partial charge in [-0.3, -0.25) is 4.79 Å². The standard InChI is InChI=1S/C12H17NO/c1-4-12(14)13(5-2)11-9-7-6-8-10(11)3/h6-9H,4-5H2,1-3H3. The van der Waals surface area contributed by atoms with Crippen LogP contribution in [0.5, 0.6) is 0 Å². The van der Waals surface area contributed by atoms with E-state index in [2.05, 4.69) is 0 Å². The molecule has 0 spiro atoms. The van der Waals surface area contributed by atoms with Crippen molar-refractivity contribution in [1.29, 1.82) is 0 Å². The van der Waals surface area contributed by atoms with Crippen LogP contribution in [-0.2, 0) is 4.79 Å². The van der Waals surface area contributed by atoms with Crippen molar-refractivity contribution in [2.24, 2.45) is 0 Å². The van der Waals surface area contributed by atoms with Crippen molar-refractivity contribution < 1.29 is 4.79 Å². The fourth-order valence-corrected chi connectivity index (χ4v) is 1.54. The third kappa shape index (κ3) is 2.13. The molecule has 76 valence electrons. The first-order valence-electron chi connectivity index (χ1n) is 5.06. The first-order chi connectivity index (χ1) is 6.70. The van der Waals surface area contributed by atoms with E-state index >= 15 is 0 Å². The molecule has 0 N–H and O–H groups in total. The van der Waals surface area contributed by atoms with E-state index in [1.165, 1.54) is 0 Å². The molecule has 0 saturated carbocycles. The molecule has 0 aliphatic rings. The van der Waals surface area contributed by atoms with E-state index in [0.29, 0.717) is 6.42 Å². The van der Waals surface area contributed by atoms with E-state index in [1.54, 1.807) is 0 Å². The highest BCUT2D eigenvalue weighted by atomic mass is 16.2. The van der Waals surface area contributed by atoms with Crippen molar-refractivity contribution in [3.63, 3.8) is 0 Å². The van der Waals surface area contributed by atoms with Gasteiger partial charge in [-0.15, -0.1) is 0 Å². The predicted molar refractivity (Wildman–Crippen MR) is 59.5 cm³/mol. The van der Waals surface area contributed by atoms with Gasteiger partial charge in [0.2, 0.25) is 5.91 Å². The minimum Gasteiger partial charge on any atom is -0.312 e. The number of aryl methyl sites for hydroxylation is 1. The summed E-state index contributed by atoms with van der Waals surface area (Å²) in [4.78, 5) is 13.5. The van der Waals surface area contributed by atoms with E-state index in [-0.39, 0.29) is 5.91 Å². The number of rotatable bonds is 3. The van der Waals surface area contributed by atoms with Crippen LogP contribution in [0.3, 0.4) is 0 Å². The summed E-state index contributed by atoms with van der Waals surface area (Å²) in [6, 6.07) is 7.98. The third-order valence-electron chi connectivity index (χ3n) is 2.33. The Hall–Kier alpha value is -1.31. The topological polar surface area (TPSA) is 20.3 Å². The van der Waals surface area contributed by atoms with Gasteiger partial charge in [-0.1, -0.05) is 25.1 Å². The van der Waals surface area contributed by atoms with E-state index in [1.807, 2.05) is 49.9 Å². The molecule has 0 aromatic heterocycles. The van der Waals surface area contributed by atoms with Crippen LogP contribution in [0.4, 0.5) is 5.69 Å². The number of benzene rings is 1. The zero-order valence-corrected chi connectivity index (χ0v) is 9.08. The van der Waals surface area contributed by atoms with Crippen LogP contribution in [0.1, 0.15) is 25.8 Å². The zero-order chi connectivity index (χ0) is 10.6. The molecule has 0 aliphatic heterocycles. The monoisotopic (exact) mass is 191 g/mol. The molecule has 1 rings (SSSR count). The maximum Gasteiger partial charge on any atom is 0.226 e. The second-order valence-electron chi connectivity index (χ2n) is 3.28. The molecule has 2 heteroatoms. The second-order valence-corrected chi connectivity index (χ2v) is 3.28. The molecule has 2 nitrogen and oxygen atoms in total. The molecule has 0 unspecified atom stereocenters. The van der Waals surface area contributed by atoms with Gasteiger partial charge in [-0.05, 0) is 25.5 Å². The van der Waals surface area contributed by atoms with E-state index in [9.17, 15) is 4.79 Å². The normalized spacial score (nSPS) is 9.93. The average molecular weight is 191 g/mol. The molecule has 14 heavy (non-hydrogen) atoms. The Bertz CT molecular complexity index is 320. The van der Waals surface area contributed by atoms with Crippen molar-refractivity contribution in [1.82, 2.24) is 0 Å². The number of nitrogens with zero attached hydrogens (tertiary/aromatic N) is 1. The molecular weight excluding hydrogens is 174 g/mol. The summed E-state index contributed by atoms with van der Waals surface area (Å²) in [5.74, 6) is 0.182. The van der Waals surface area contributed by atoms with Gasteiger partial charge < -0.3 is 4.90 Å². The lowest BCUT2D eigenvalue weighted by atomic mass is 10.1. The van der Waals surface area contributed by atoms with Gasteiger partial charge in [0.1, 0.15) is 0 Å². The summed E-state index contributed by atoms with van der Waals surface area (Å²) in [5, 5.41) is 0. The molecule has 0 fully saturated rings. The van der Waals surface area contributed by atoms with Crippen LogP contribution in [0.2, 0.25) is 0 Å². The second kappa shape index (κ2) is 4.80. The third-order valence-corrected chi connectivity index (χ3v) is 2.33. The highest BCUT2D eigenvalue weighted by Gasteiger charge is 2.12. The van der Waals surface area contributed by atoms with Crippen molar-refractivity contribution in [2.45, 2.75) is 27.2 Å². The summed E-state index contributed by atoms with van der Waals surface area (Å²) in [6.45, 7) is 6.65. The van der Waals surface area contributed by atoms with Gasteiger partial charge >= 0.3 is 0 Å². The summed E-state index contributed by atoms with van der Waals surface area (Å²) < 4.78 is 0. The number of anilines is 1. The number of hydrogen-bond acceptors (Lipinski definition) is 1. The number of para-hydroxylation sites is 1. The molecule has 0 aliphatic carbocycles. The molecule has 1 aromatic carbocycles. The lowest BCUT2D eigenvalue weighted by molar-refractivity contribution is -0.118. The van der Waals surface area contributed by atoms with Gasteiger partial charge in [0, 0.05) is 18.7 Å². The summed E-state index contributed by atoms with van der Waals surface area (Å²) >= 11 is 0. The maximum absolute atomic E-state index is 11.6. The predicted octanol–water partition coefficient (Wildman–Crippen LogP) is 2.76. The van der Waals surface area contributed by atoms with Gasteiger partial charge in [0.05, 0.1) is 0 Å². The number of carbonyl (C=O) groups excluding carboxylic acids is 1. The number of carbonyl (C=O) groups is 1. The molecule has 1 aromatic rings. The lowest BCUT2D eigenvalue weighted by Gasteiger charge is -2.22. The van der Waals surface area contributed by atoms with Gasteiger partial charge in [0.25, 0.3) is 0 Å². The fraction of sp³-hybridized carbons (Fsp3) is 0.417. The minimum absolute atomic E-state index is 0.182. The summed E-state index contributed by atoms with van der Waals surface area (Å²) in [6.07, 6.45) is 0.558. The SMILES string of the molecule is CCC(=O)N(CC)c1ccccc1C. The average Bonchev–Trinajstić information content (AvgIpc) is 2.21. The van der Waals surface area contributed by atoms with Crippen LogP contribution in [-0.4, -0.2) is 12.5 Å². The molecule has 0 atom stereocenters. The summed E-state index contributed by atoms with van der Waals surface area (Å²) in [5.41, 5.74) is 2.18. The lowest BCUT2D eigenvalue weighted by Crippen LogP contribution is -2.30. The van der Waals surface area contributed by atoms with Crippen LogP contribution < -0.4 is 4.90 Å². The Labute approximate surface area is 85.5 Å². The quantitative estimate of drug-likeness (QED) is 0.719. The molecule has 1 amide bonds. The number of amides is 1. The first-order valence-corrected chi connectivity index (χ1v) is 5.06. The molecule has 0 radical (unpaired) electrons. The van der Waals surface area contributed by atoms with E-state index in [4.69, 9.17) is 0 Å². The fourth-order valence-electron chi connectivity index (χ4n) is 1.54. The smallest absolute Gasteiger partial charge is 0.226 e. The molecule has 0 saturated heterocycles. The van der Waals surface area contributed by atoms with Crippen molar-refractivity contribution in [2.75, 3.05) is 11.4 Å². The Balaban J connectivity index is 3.01. The number of hydrogen-bond donors (Lipinski definition) is 0. The van der Waals surface area contributed by atoms with Crippen LogP contribution in [0.25, 0.3) is 0 Å². The highest BCUT2D eigenvalue weighted by molar-refractivity contribution is 5.93. The van der Waals surface area contributed by atoms with E-state index in [0.717, 1.165) is 17.8 Å². The molecular formula is C12H17NO. The van der Waals surface area contributed by atoms with Crippen LogP contribution in [0, 0.1) is 6.92 Å².